The Morgan fingerprint density at radius 3 is 2.67 bits per heavy atom. The second kappa shape index (κ2) is 5.31. The molecule has 2 aromatic carbocycles. The van der Waals surface area contributed by atoms with E-state index < -0.39 is 12.0 Å². The molecular formula is C14H13NO3. The number of amides is 1. The van der Waals surface area contributed by atoms with Crippen LogP contribution >= 0.6 is 0 Å². The van der Waals surface area contributed by atoms with Gasteiger partial charge in [0.25, 0.3) is 0 Å². The normalized spacial score (nSPS) is 12.0. The van der Waals surface area contributed by atoms with Gasteiger partial charge in [-0.1, -0.05) is 42.5 Å². The van der Waals surface area contributed by atoms with Crippen molar-refractivity contribution in [3.8, 4) is 0 Å². The summed E-state index contributed by atoms with van der Waals surface area (Å²) in [4.78, 5) is 21.4. The molecule has 0 heterocycles. The maximum atomic E-state index is 10.8. The highest BCUT2D eigenvalue weighted by atomic mass is 16.4. The van der Waals surface area contributed by atoms with Gasteiger partial charge >= 0.3 is 5.97 Å². The molecule has 0 aromatic heterocycles. The van der Waals surface area contributed by atoms with Gasteiger partial charge in [-0.25, -0.2) is 0 Å². The number of benzene rings is 2. The number of aliphatic carboxylic acids is 1. The molecule has 0 bridgehead atoms. The predicted octanol–water partition coefficient (Wildman–Crippen LogP) is 2.10. The number of carboxylic acids is 1. The quantitative estimate of drug-likeness (QED) is 0.790. The van der Waals surface area contributed by atoms with Crippen LogP contribution in [0.25, 0.3) is 10.8 Å². The predicted molar refractivity (Wildman–Crippen MR) is 68.1 cm³/mol. The number of fused-ring (bicyclic) bond motifs is 1. The van der Waals surface area contributed by atoms with E-state index in [4.69, 9.17) is 5.11 Å². The smallest absolute Gasteiger partial charge is 0.305 e. The minimum atomic E-state index is -0.942. The maximum absolute atomic E-state index is 10.8. The van der Waals surface area contributed by atoms with Crippen molar-refractivity contribution in [3.63, 3.8) is 0 Å². The number of hydrogen-bond donors (Lipinski definition) is 2. The zero-order chi connectivity index (χ0) is 13.0. The van der Waals surface area contributed by atoms with Crippen LogP contribution in [0.5, 0.6) is 0 Å². The summed E-state index contributed by atoms with van der Waals surface area (Å²) in [5, 5.41) is 13.4. The summed E-state index contributed by atoms with van der Waals surface area (Å²) >= 11 is 0. The van der Waals surface area contributed by atoms with E-state index in [0.717, 1.165) is 16.3 Å². The van der Waals surface area contributed by atoms with Gasteiger partial charge in [-0.15, -0.1) is 0 Å². The Balaban J connectivity index is 2.49. The second-order valence-electron chi connectivity index (χ2n) is 4.00. The standard InChI is InChI=1S/C14H13NO3/c16-9-15-13(8-14(17)18)12-7-3-5-10-4-1-2-6-11(10)12/h1-7,9,13H,8H2,(H,15,16)(H,17,18). The summed E-state index contributed by atoms with van der Waals surface area (Å²) in [5.74, 6) is -0.942. The van der Waals surface area contributed by atoms with Gasteiger partial charge in [0.15, 0.2) is 0 Å². The Labute approximate surface area is 104 Å². The lowest BCUT2D eigenvalue weighted by atomic mass is 9.97. The van der Waals surface area contributed by atoms with Crippen LogP contribution in [0.15, 0.2) is 42.5 Å². The first-order chi connectivity index (χ1) is 8.72. The third kappa shape index (κ3) is 2.48. The molecule has 0 fully saturated rings. The molecule has 1 atom stereocenters. The molecule has 0 radical (unpaired) electrons. The number of nitrogens with one attached hydrogen (secondary N) is 1. The van der Waals surface area contributed by atoms with Crippen LogP contribution in [-0.2, 0) is 9.59 Å². The van der Waals surface area contributed by atoms with E-state index in [9.17, 15) is 9.59 Å². The molecule has 0 spiro atoms. The fourth-order valence-corrected chi connectivity index (χ4v) is 2.07. The number of carboxylic acid groups (broad SMARTS) is 1. The molecule has 0 aliphatic carbocycles. The highest BCUT2D eigenvalue weighted by molar-refractivity contribution is 5.86. The van der Waals surface area contributed by atoms with Gasteiger partial charge in [0.2, 0.25) is 6.41 Å². The van der Waals surface area contributed by atoms with Crippen molar-refractivity contribution in [2.24, 2.45) is 0 Å². The van der Waals surface area contributed by atoms with E-state index in [1.54, 1.807) is 0 Å². The molecule has 1 amide bonds. The molecule has 0 saturated carbocycles. The zero-order valence-corrected chi connectivity index (χ0v) is 9.67. The zero-order valence-electron chi connectivity index (χ0n) is 9.67. The third-order valence-corrected chi connectivity index (χ3v) is 2.85. The van der Waals surface area contributed by atoms with Crippen LogP contribution in [0.3, 0.4) is 0 Å². The minimum Gasteiger partial charge on any atom is -0.481 e. The van der Waals surface area contributed by atoms with E-state index in [1.807, 2.05) is 42.5 Å². The molecule has 4 nitrogen and oxygen atoms in total. The summed E-state index contributed by atoms with van der Waals surface area (Å²) in [6.45, 7) is 0. The molecular weight excluding hydrogens is 230 g/mol. The highest BCUT2D eigenvalue weighted by Crippen LogP contribution is 2.25. The Morgan fingerprint density at radius 2 is 1.94 bits per heavy atom. The Kier molecular flexibility index (Phi) is 3.57. The Hall–Kier alpha value is -2.36. The first-order valence-corrected chi connectivity index (χ1v) is 5.61. The molecule has 2 N–H and O–H groups in total. The van der Waals surface area contributed by atoms with Crippen molar-refractivity contribution >= 4 is 23.2 Å². The SMILES string of the molecule is O=CNC(CC(=O)O)c1cccc2ccccc12. The number of hydrogen-bond acceptors (Lipinski definition) is 2. The average Bonchev–Trinajstić information content (AvgIpc) is 2.37. The lowest BCUT2D eigenvalue weighted by molar-refractivity contribution is -0.137. The van der Waals surface area contributed by atoms with Crippen LogP contribution in [-0.4, -0.2) is 17.5 Å². The third-order valence-electron chi connectivity index (χ3n) is 2.85. The van der Waals surface area contributed by atoms with Crippen LogP contribution in [0.2, 0.25) is 0 Å². The van der Waals surface area contributed by atoms with E-state index in [1.165, 1.54) is 0 Å². The van der Waals surface area contributed by atoms with E-state index in [-0.39, 0.29) is 6.42 Å². The molecule has 1 unspecified atom stereocenters. The highest BCUT2D eigenvalue weighted by Gasteiger charge is 2.16. The Bertz CT molecular complexity index is 575. The van der Waals surface area contributed by atoms with Gasteiger partial charge in [0, 0.05) is 0 Å². The lowest BCUT2D eigenvalue weighted by Crippen LogP contribution is -2.22. The van der Waals surface area contributed by atoms with Crippen molar-refractivity contribution in [1.29, 1.82) is 0 Å². The Morgan fingerprint density at radius 1 is 1.22 bits per heavy atom. The molecule has 0 aliphatic heterocycles. The molecule has 2 rings (SSSR count). The van der Waals surface area contributed by atoms with Gasteiger partial charge in [0.1, 0.15) is 0 Å². The molecule has 4 heteroatoms. The van der Waals surface area contributed by atoms with Crippen LogP contribution < -0.4 is 5.32 Å². The summed E-state index contributed by atoms with van der Waals surface area (Å²) in [6.07, 6.45) is 0.405. The van der Waals surface area contributed by atoms with Crippen molar-refractivity contribution in [3.05, 3.63) is 48.0 Å². The number of carbonyl (C=O) groups is 2. The van der Waals surface area contributed by atoms with E-state index in [2.05, 4.69) is 5.32 Å². The summed E-state index contributed by atoms with van der Waals surface area (Å²) in [5.41, 5.74) is 0.822. The maximum Gasteiger partial charge on any atom is 0.305 e. The van der Waals surface area contributed by atoms with Crippen LogP contribution in [0.4, 0.5) is 0 Å². The summed E-state index contributed by atoms with van der Waals surface area (Å²) < 4.78 is 0. The van der Waals surface area contributed by atoms with Gasteiger partial charge in [-0.05, 0) is 16.3 Å². The molecule has 18 heavy (non-hydrogen) atoms. The first kappa shape index (κ1) is 12.1. The molecule has 2 aromatic rings. The largest absolute Gasteiger partial charge is 0.481 e. The second-order valence-corrected chi connectivity index (χ2v) is 4.00. The van der Waals surface area contributed by atoms with Gasteiger partial charge in [-0.3, -0.25) is 9.59 Å². The van der Waals surface area contributed by atoms with Crippen LogP contribution in [0, 0.1) is 0 Å². The monoisotopic (exact) mass is 243 g/mol. The van der Waals surface area contributed by atoms with Gasteiger partial charge in [0.05, 0.1) is 12.5 Å². The lowest BCUT2D eigenvalue weighted by Gasteiger charge is -2.16. The average molecular weight is 243 g/mol. The summed E-state index contributed by atoms with van der Waals surface area (Å²) in [7, 11) is 0. The van der Waals surface area contributed by atoms with Gasteiger partial charge < -0.3 is 10.4 Å². The molecule has 0 aliphatic rings. The summed E-state index contributed by atoms with van der Waals surface area (Å²) in [6, 6.07) is 12.8. The van der Waals surface area contributed by atoms with Crippen molar-refractivity contribution in [2.75, 3.05) is 0 Å². The minimum absolute atomic E-state index is 0.132. The fourth-order valence-electron chi connectivity index (χ4n) is 2.07. The number of carbonyl (C=O) groups excluding carboxylic acids is 1. The topological polar surface area (TPSA) is 66.4 Å². The molecule has 0 saturated heterocycles. The van der Waals surface area contributed by atoms with Crippen molar-refractivity contribution < 1.29 is 14.7 Å². The van der Waals surface area contributed by atoms with E-state index >= 15 is 0 Å². The van der Waals surface area contributed by atoms with Crippen LogP contribution in [0.1, 0.15) is 18.0 Å². The van der Waals surface area contributed by atoms with Gasteiger partial charge in [-0.2, -0.15) is 0 Å². The van der Waals surface area contributed by atoms with E-state index in [0.29, 0.717) is 6.41 Å². The number of rotatable bonds is 5. The fraction of sp³-hybridized carbons (Fsp3) is 0.143. The first-order valence-electron chi connectivity index (χ1n) is 5.61. The molecule has 92 valence electrons. The van der Waals surface area contributed by atoms with Crippen molar-refractivity contribution in [1.82, 2.24) is 5.32 Å². The van der Waals surface area contributed by atoms with Crippen molar-refractivity contribution in [2.45, 2.75) is 12.5 Å².